The molecule has 8 heteroatoms. The number of amides is 3. The number of hydrogen-bond acceptors (Lipinski definition) is 5. The lowest BCUT2D eigenvalue weighted by Gasteiger charge is -2.15. The van der Waals surface area contributed by atoms with Gasteiger partial charge < -0.3 is 25.0 Å². The lowest BCUT2D eigenvalue weighted by Crippen LogP contribution is -2.32. The van der Waals surface area contributed by atoms with Crippen LogP contribution in [0, 0.1) is 0 Å². The fraction of sp³-hybridized carbons (Fsp3) is 0.318. The van der Waals surface area contributed by atoms with Crippen LogP contribution in [-0.4, -0.2) is 44.5 Å². The van der Waals surface area contributed by atoms with Crippen LogP contribution < -0.4 is 25.0 Å². The maximum Gasteiger partial charge on any atom is 0.251 e. The topological polar surface area (TPSA) is 97.0 Å². The molecule has 1 fully saturated rings. The van der Waals surface area contributed by atoms with Crippen molar-refractivity contribution < 1.29 is 23.9 Å². The van der Waals surface area contributed by atoms with Crippen LogP contribution in [0.2, 0.25) is 0 Å². The van der Waals surface area contributed by atoms with Crippen molar-refractivity contribution in [2.45, 2.75) is 19.8 Å². The minimum Gasteiger partial charge on any atom is -0.493 e. The van der Waals surface area contributed by atoms with E-state index in [2.05, 4.69) is 10.6 Å². The summed E-state index contributed by atoms with van der Waals surface area (Å²) in [5.41, 5.74) is 1.73. The Labute approximate surface area is 175 Å². The molecule has 0 bridgehead atoms. The van der Waals surface area contributed by atoms with Gasteiger partial charge in [0, 0.05) is 36.0 Å². The highest BCUT2D eigenvalue weighted by atomic mass is 16.5. The fourth-order valence-corrected chi connectivity index (χ4v) is 3.20. The Morgan fingerprint density at radius 3 is 2.50 bits per heavy atom. The van der Waals surface area contributed by atoms with Crippen molar-refractivity contribution in [2.75, 3.05) is 37.0 Å². The zero-order chi connectivity index (χ0) is 21.5. The Kier molecular flexibility index (Phi) is 6.90. The van der Waals surface area contributed by atoms with Crippen molar-refractivity contribution in [1.29, 1.82) is 0 Å². The SMILES string of the molecule is CCOc1ccc(NC(=O)CNC(=O)c2ccc(N3CCCC3=O)cc2)cc1OC. The lowest BCUT2D eigenvalue weighted by molar-refractivity contribution is -0.117. The molecule has 1 aliphatic rings. The quantitative estimate of drug-likeness (QED) is 0.696. The van der Waals surface area contributed by atoms with Gasteiger partial charge in [-0.3, -0.25) is 14.4 Å². The molecule has 0 saturated carbocycles. The second kappa shape index (κ2) is 9.78. The fourth-order valence-electron chi connectivity index (χ4n) is 3.20. The molecule has 1 aliphatic heterocycles. The number of methoxy groups -OCH3 is 1. The van der Waals surface area contributed by atoms with Crippen molar-refractivity contribution in [3.8, 4) is 11.5 Å². The molecule has 3 rings (SSSR count). The molecule has 0 spiro atoms. The first-order valence-electron chi connectivity index (χ1n) is 9.81. The Morgan fingerprint density at radius 1 is 1.10 bits per heavy atom. The molecule has 0 aliphatic carbocycles. The Bertz CT molecular complexity index is 927. The summed E-state index contributed by atoms with van der Waals surface area (Å²) >= 11 is 0. The van der Waals surface area contributed by atoms with Gasteiger partial charge in [-0.15, -0.1) is 0 Å². The number of rotatable bonds is 8. The van der Waals surface area contributed by atoms with Gasteiger partial charge in [0.1, 0.15) is 0 Å². The molecule has 2 aromatic carbocycles. The van der Waals surface area contributed by atoms with Crippen LogP contribution in [0.3, 0.4) is 0 Å². The van der Waals surface area contributed by atoms with E-state index in [9.17, 15) is 14.4 Å². The predicted octanol–water partition coefficient (Wildman–Crippen LogP) is 2.59. The van der Waals surface area contributed by atoms with E-state index in [1.807, 2.05) is 6.92 Å². The second-order valence-electron chi connectivity index (χ2n) is 6.73. The first-order chi connectivity index (χ1) is 14.5. The summed E-state index contributed by atoms with van der Waals surface area (Å²) in [6.45, 7) is 2.89. The number of nitrogens with zero attached hydrogens (tertiary/aromatic N) is 1. The lowest BCUT2D eigenvalue weighted by atomic mass is 10.2. The van der Waals surface area contributed by atoms with Crippen LogP contribution in [0.5, 0.6) is 11.5 Å². The van der Waals surface area contributed by atoms with E-state index in [0.29, 0.717) is 42.3 Å². The molecule has 0 radical (unpaired) electrons. The number of carbonyl (C=O) groups is 3. The van der Waals surface area contributed by atoms with E-state index >= 15 is 0 Å². The first kappa shape index (κ1) is 21.2. The third-order valence-corrected chi connectivity index (χ3v) is 4.67. The number of carbonyl (C=O) groups excluding carboxylic acids is 3. The van der Waals surface area contributed by atoms with Gasteiger partial charge in [-0.2, -0.15) is 0 Å². The van der Waals surface area contributed by atoms with Crippen LogP contribution in [-0.2, 0) is 9.59 Å². The molecule has 0 atom stereocenters. The van der Waals surface area contributed by atoms with E-state index in [1.165, 1.54) is 7.11 Å². The van der Waals surface area contributed by atoms with Gasteiger partial charge >= 0.3 is 0 Å². The molecule has 1 heterocycles. The second-order valence-corrected chi connectivity index (χ2v) is 6.73. The summed E-state index contributed by atoms with van der Waals surface area (Å²) in [6.07, 6.45) is 1.40. The molecule has 1 saturated heterocycles. The zero-order valence-corrected chi connectivity index (χ0v) is 17.1. The standard InChI is InChI=1S/C22H25N3O5/c1-3-30-18-11-8-16(13-19(18)29-2)24-20(26)14-23-22(28)15-6-9-17(10-7-15)25-12-4-5-21(25)27/h6-11,13H,3-5,12,14H2,1-2H3,(H,23,28)(H,24,26). The van der Waals surface area contributed by atoms with Gasteiger partial charge in [0.25, 0.3) is 5.91 Å². The zero-order valence-electron chi connectivity index (χ0n) is 17.1. The third kappa shape index (κ3) is 5.08. The van der Waals surface area contributed by atoms with E-state index < -0.39 is 0 Å². The maximum absolute atomic E-state index is 12.3. The summed E-state index contributed by atoms with van der Waals surface area (Å²) < 4.78 is 10.7. The van der Waals surface area contributed by atoms with Crippen LogP contribution in [0.15, 0.2) is 42.5 Å². The highest BCUT2D eigenvalue weighted by Crippen LogP contribution is 2.30. The van der Waals surface area contributed by atoms with Gasteiger partial charge in [0.2, 0.25) is 11.8 Å². The number of ether oxygens (including phenoxy) is 2. The first-order valence-corrected chi connectivity index (χ1v) is 9.81. The van der Waals surface area contributed by atoms with Crippen LogP contribution in [0.25, 0.3) is 0 Å². The van der Waals surface area contributed by atoms with Crippen LogP contribution in [0.4, 0.5) is 11.4 Å². The van der Waals surface area contributed by atoms with Gasteiger partial charge in [-0.05, 0) is 49.7 Å². The third-order valence-electron chi connectivity index (χ3n) is 4.67. The Morgan fingerprint density at radius 2 is 1.87 bits per heavy atom. The summed E-state index contributed by atoms with van der Waals surface area (Å²) in [7, 11) is 1.52. The average molecular weight is 411 g/mol. The van der Waals surface area contributed by atoms with Crippen molar-refractivity contribution in [2.24, 2.45) is 0 Å². The summed E-state index contributed by atoms with van der Waals surface area (Å²) in [6, 6.07) is 11.8. The van der Waals surface area contributed by atoms with Crippen LogP contribution in [0.1, 0.15) is 30.1 Å². The molecule has 2 N–H and O–H groups in total. The largest absolute Gasteiger partial charge is 0.493 e. The normalized spacial score (nSPS) is 13.1. The monoisotopic (exact) mass is 411 g/mol. The Hall–Kier alpha value is -3.55. The number of anilines is 2. The minimum atomic E-state index is -0.367. The van der Waals surface area contributed by atoms with Crippen molar-refractivity contribution in [3.05, 3.63) is 48.0 Å². The molecular weight excluding hydrogens is 386 g/mol. The van der Waals surface area contributed by atoms with E-state index in [0.717, 1.165) is 12.1 Å². The molecule has 2 aromatic rings. The molecule has 0 aromatic heterocycles. The van der Waals surface area contributed by atoms with Crippen molar-refractivity contribution in [3.63, 3.8) is 0 Å². The van der Waals surface area contributed by atoms with Crippen LogP contribution >= 0.6 is 0 Å². The summed E-state index contributed by atoms with van der Waals surface area (Å²) in [5, 5.41) is 5.30. The number of benzene rings is 2. The van der Waals surface area contributed by atoms with Crippen molar-refractivity contribution in [1.82, 2.24) is 5.32 Å². The maximum atomic E-state index is 12.3. The molecule has 3 amide bonds. The summed E-state index contributed by atoms with van der Waals surface area (Å²) in [5.74, 6) is 0.456. The van der Waals surface area contributed by atoms with Gasteiger partial charge in [-0.1, -0.05) is 0 Å². The summed E-state index contributed by atoms with van der Waals surface area (Å²) in [4.78, 5) is 38.0. The van der Waals surface area contributed by atoms with Gasteiger partial charge in [0.05, 0.1) is 20.3 Å². The van der Waals surface area contributed by atoms with E-state index in [1.54, 1.807) is 47.4 Å². The highest BCUT2D eigenvalue weighted by molar-refractivity contribution is 6.00. The minimum absolute atomic E-state index is 0.0924. The number of hydrogen-bond donors (Lipinski definition) is 2. The molecule has 158 valence electrons. The molecule has 0 unspecified atom stereocenters. The Balaban J connectivity index is 1.53. The number of nitrogens with one attached hydrogen (secondary N) is 2. The van der Waals surface area contributed by atoms with E-state index in [4.69, 9.17) is 9.47 Å². The van der Waals surface area contributed by atoms with Gasteiger partial charge in [-0.25, -0.2) is 0 Å². The predicted molar refractivity (Wildman–Crippen MR) is 113 cm³/mol. The smallest absolute Gasteiger partial charge is 0.251 e. The highest BCUT2D eigenvalue weighted by Gasteiger charge is 2.21. The van der Waals surface area contributed by atoms with Crippen molar-refractivity contribution >= 4 is 29.1 Å². The van der Waals surface area contributed by atoms with Gasteiger partial charge in [0.15, 0.2) is 11.5 Å². The van der Waals surface area contributed by atoms with E-state index in [-0.39, 0.29) is 24.3 Å². The average Bonchev–Trinajstić information content (AvgIpc) is 3.19. The molecule has 30 heavy (non-hydrogen) atoms. The molecule has 8 nitrogen and oxygen atoms in total. The molecular formula is C22H25N3O5.